The summed E-state index contributed by atoms with van der Waals surface area (Å²) in [6.07, 6.45) is 5.01. The molecular weight excluding hydrogens is 555 g/mol. The fourth-order valence-electron chi connectivity index (χ4n) is 10.2. The molecule has 1 heterocycles. The number of hydrogen-bond acceptors (Lipinski definition) is 1. The SMILES string of the molecule is CC12CCCCC1(C)N(c1ccccc1)c1ccc(-c3ccc4c(c3)-c3ccccc3C43c4ccccc4-c4ccccc43)cc12. The molecule has 1 spiro atoms. The van der Waals surface area contributed by atoms with E-state index < -0.39 is 0 Å². The van der Waals surface area contributed by atoms with Crippen LogP contribution in [0.2, 0.25) is 0 Å². The number of benzene rings is 6. The van der Waals surface area contributed by atoms with Crippen LogP contribution in [0.25, 0.3) is 33.4 Å². The smallest absolute Gasteiger partial charge is 0.0725 e. The molecule has 0 amide bonds. The second kappa shape index (κ2) is 9.10. The van der Waals surface area contributed by atoms with Crippen LogP contribution in [-0.4, -0.2) is 5.54 Å². The van der Waals surface area contributed by atoms with E-state index in [-0.39, 0.29) is 16.4 Å². The Morgan fingerprint density at radius 3 is 1.65 bits per heavy atom. The number of anilines is 2. The molecule has 46 heavy (non-hydrogen) atoms. The Labute approximate surface area is 272 Å². The highest BCUT2D eigenvalue weighted by Crippen LogP contribution is 2.64. The van der Waals surface area contributed by atoms with Gasteiger partial charge in [-0.05, 0) is 111 Å². The minimum Gasteiger partial charge on any atom is -0.334 e. The maximum absolute atomic E-state index is 2.67. The van der Waals surface area contributed by atoms with Crippen LogP contribution in [0.5, 0.6) is 0 Å². The highest BCUT2D eigenvalue weighted by molar-refractivity contribution is 5.96. The van der Waals surface area contributed by atoms with Gasteiger partial charge < -0.3 is 4.90 Å². The van der Waals surface area contributed by atoms with Gasteiger partial charge in [0.1, 0.15) is 0 Å². The molecule has 10 rings (SSSR count). The average Bonchev–Trinajstić information content (AvgIpc) is 3.65. The van der Waals surface area contributed by atoms with E-state index in [9.17, 15) is 0 Å². The number of rotatable bonds is 2. The van der Waals surface area contributed by atoms with Gasteiger partial charge in [-0.3, -0.25) is 0 Å². The summed E-state index contributed by atoms with van der Waals surface area (Å²) in [6, 6.07) is 53.0. The molecule has 2 atom stereocenters. The van der Waals surface area contributed by atoms with Gasteiger partial charge in [-0.25, -0.2) is 0 Å². The van der Waals surface area contributed by atoms with E-state index in [4.69, 9.17) is 0 Å². The molecule has 0 radical (unpaired) electrons. The molecule has 2 unspecified atom stereocenters. The zero-order valence-corrected chi connectivity index (χ0v) is 26.6. The van der Waals surface area contributed by atoms with Crippen molar-refractivity contribution in [1.29, 1.82) is 0 Å². The first kappa shape index (κ1) is 26.3. The van der Waals surface area contributed by atoms with Crippen molar-refractivity contribution in [2.45, 2.75) is 55.9 Å². The highest BCUT2D eigenvalue weighted by Gasteiger charge is 2.57. The lowest BCUT2D eigenvalue weighted by atomic mass is 9.61. The summed E-state index contributed by atoms with van der Waals surface area (Å²) < 4.78 is 0. The Hall–Kier alpha value is -4.88. The maximum Gasteiger partial charge on any atom is 0.0725 e. The molecular formula is C45H37N. The zero-order valence-electron chi connectivity index (χ0n) is 26.6. The van der Waals surface area contributed by atoms with Crippen molar-refractivity contribution >= 4 is 11.4 Å². The Kier molecular flexibility index (Phi) is 5.22. The molecule has 0 bridgehead atoms. The molecule has 222 valence electrons. The van der Waals surface area contributed by atoms with Crippen LogP contribution in [0.15, 0.2) is 140 Å². The van der Waals surface area contributed by atoms with Crippen molar-refractivity contribution < 1.29 is 0 Å². The third-order valence-electron chi connectivity index (χ3n) is 12.4. The first-order valence-corrected chi connectivity index (χ1v) is 17.0. The summed E-state index contributed by atoms with van der Waals surface area (Å²) in [5, 5.41) is 0. The van der Waals surface area contributed by atoms with Gasteiger partial charge in [0.15, 0.2) is 0 Å². The van der Waals surface area contributed by atoms with Gasteiger partial charge in [0.2, 0.25) is 0 Å². The Bertz CT molecular complexity index is 2160. The molecule has 1 fully saturated rings. The van der Waals surface area contributed by atoms with Gasteiger partial charge in [-0.1, -0.05) is 129 Å². The lowest BCUT2D eigenvalue weighted by molar-refractivity contribution is 0.195. The van der Waals surface area contributed by atoms with E-state index in [0.717, 1.165) is 0 Å². The van der Waals surface area contributed by atoms with Crippen LogP contribution in [0, 0.1) is 0 Å². The number of para-hydroxylation sites is 1. The molecule has 6 aromatic rings. The summed E-state index contributed by atoms with van der Waals surface area (Å²) in [4.78, 5) is 2.67. The van der Waals surface area contributed by atoms with Gasteiger partial charge >= 0.3 is 0 Å². The second-order valence-corrected chi connectivity index (χ2v) is 14.4. The molecule has 6 aromatic carbocycles. The fourth-order valence-corrected chi connectivity index (χ4v) is 10.2. The van der Waals surface area contributed by atoms with Crippen LogP contribution in [0.1, 0.15) is 67.3 Å². The minimum absolute atomic E-state index is 0.0556. The van der Waals surface area contributed by atoms with E-state index in [0.29, 0.717) is 0 Å². The zero-order chi connectivity index (χ0) is 30.7. The highest BCUT2D eigenvalue weighted by atomic mass is 15.3. The summed E-state index contributed by atoms with van der Waals surface area (Å²) in [5.74, 6) is 0. The number of fused-ring (bicyclic) bond motifs is 13. The van der Waals surface area contributed by atoms with Crippen LogP contribution >= 0.6 is 0 Å². The molecule has 1 aliphatic heterocycles. The lowest BCUT2D eigenvalue weighted by Crippen LogP contribution is -2.54. The summed E-state index contributed by atoms with van der Waals surface area (Å²) in [5.41, 5.74) is 17.7. The van der Waals surface area contributed by atoms with E-state index in [1.807, 2.05) is 0 Å². The quantitative estimate of drug-likeness (QED) is 0.193. The second-order valence-electron chi connectivity index (χ2n) is 14.4. The van der Waals surface area contributed by atoms with Crippen molar-refractivity contribution in [2.75, 3.05) is 4.90 Å². The third kappa shape index (κ3) is 3.07. The largest absolute Gasteiger partial charge is 0.334 e. The van der Waals surface area contributed by atoms with Gasteiger partial charge in [0, 0.05) is 16.8 Å². The fraction of sp³-hybridized carbons (Fsp3) is 0.200. The van der Waals surface area contributed by atoms with E-state index in [1.165, 1.54) is 98.3 Å². The molecule has 1 heteroatoms. The van der Waals surface area contributed by atoms with Crippen LogP contribution < -0.4 is 4.90 Å². The molecule has 3 aliphatic carbocycles. The summed E-state index contributed by atoms with van der Waals surface area (Å²) in [7, 11) is 0. The van der Waals surface area contributed by atoms with Gasteiger partial charge in [0.05, 0.1) is 11.0 Å². The summed E-state index contributed by atoms with van der Waals surface area (Å²) >= 11 is 0. The monoisotopic (exact) mass is 591 g/mol. The number of hydrogen-bond donors (Lipinski definition) is 0. The normalized spacial score (nSPS) is 22.5. The minimum atomic E-state index is -0.289. The van der Waals surface area contributed by atoms with Crippen LogP contribution in [0.4, 0.5) is 11.4 Å². The maximum atomic E-state index is 2.67. The Balaban J connectivity index is 1.17. The molecule has 4 aliphatic rings. The van der Waals surface area contributed by atoms with Gasteiger partial charge in [0.25, 0.3) is 0 Å². The molecule has 0 aromatic heterocycles. The van der Waals surface area contributed by atoms with E-state index >= 15 is 0 Å². The predicted octanol–water partition coefficient (Wildman–Crippen LogP) is 11.4. The lowest BCUT2D eigenvalue weighted by Gasteiger charge is -2.50. The first-order valence-electron chi connectivity index (χ1n) is 17.0. The predicted molar refractivity (Wildman–Crippen MR) is 191 cm³/mol. The number of nitrogens with zero attached hydrogens (tertiary/aromatic N) is 1. The third-order valence-corrected chi connectivity index (χ3v) is 12.4. The average molecular weight is 592 g/mol. The van der Waals surface area contributed by atoms with Crippen molar-refractivity contribution in [2.24, 2.45) is 0 Å². The van der Waals surface area contributed by atoms with Crippen LogP contribution in [0.3, 0.4) is 0 Å². The van der Waals surface area contributed by atoms with Gasteiger partial charge in [-0.15, -0.1) is 0 Å². The van der Waals surface area contributed by atoms with Crippen molar-refractivity contribution in [3.05, 3.63) is 167 Å². The van der Waals surface area contributed by atoms with Gasteiger partial charge in [-0.2, -0.15) is 0 Å². The Morgan fingerprint density at radius 2 is 0.978 bits per heavy atom. The van der Waals surface area contributed by atoms with Crippen molar-refractivity contribution in [3.8, 4) is 33.4 Å². The molecule has 1 saturated carbocycles. The standard InChI is InChI=1S/C45H37N/c1-43-26-12-13-27-44(43,2)46(32-14-4-3-5-15-32)42-25-23-31(29-41(42)43)30-22-24-40-36(28-30)35-18-8-11-21-39(35)45(40)37-19-9-6-16-33(37)34-17-7-10-20-38(34)45/h3-11,14-25,28-29H,12-13,26-27H2,1-2H3. The van der Waals surface area contributed by atoms with Crippen LogP contribution in [-0.2, 0) is 10.8 Å². The van der Waals surface area contributed by atoms with Crippen molar-refractivity contribution in [1.82, 2.24) is 0 Å². The molecule has 0 N–H and O–H groups in total. The Morgan fingerprint density at radius 1 is 0.457 bits per heavy atom. The molecule has 1 nitrogen and oxygen atoms in total. The van der Waals surface area contributed by atoms with E-state index in [1.54, 1.807) is 0 Å². The first-order chi connectivity index (χ1) is 22.6. The molecule has 0 saturated heterocycles. The summed E-state index contributed by atoms with van der Waals surface area (Å²) in [6.45, 7) is 5.05. The van der Waals surface area contributed by atoms with Crippen molar-refractivity contribution in [3.63, 3.8) is 0 Å². The van der Waals surface area contributed by atoms with E-state index in [2.05, 4.69) is 158 Å². The topological polar surface area (TPSA) is 3.24 Å².